The average molecular weight is 194 g/mol. The van der Waals surface area contributed by atoms with Gasteiger partial charge in [-0.3, -0.25) is 0 Å². The van der Waals surface area contributed by atoms with Gasteiger partial charge in [0, 0.05) is 0 Å². The van der Waals surface area contributed by atoms with Crippen molar-refractivity contribution in [2.45, 2.75) is 38.0 Å². The first-order valence-electron chi connectivity index (χ1n) is 4.76. The lowest BCUT2D eigenvalue weighted by molar-refractivity contribution is -0.212. The minimum Gasteiger partial charge on any atom is -0.383 e. The van der Waals surface area contributed by atoms with Crippen molar-refractivity contribution >= 4 is 0 Å². The molecule has 2 rings (SSSR count). The van der Waals surface area contributed by atoms with Crippen LogP contribution >= 0.6 is 0 Å². The molecule has 2 aliphatic rings. The van der Waals surface area contributed by atoms with Gasteiger partial charge in [0.1, 0.15) is 0 Å². The maximum Gasteiger partial charge on any atom is 0.414 e. The Balaban J connectivity index is 1.97. The van der Waals surface area contributed by atoms with Gasteiger partial charge in [0.15, 0.2) is 6.10 Å². The minimum absolute atomic E-state index is 0.158. The van der Waals surface area contributed by atoms with E-state index in [0.29, 0.717) is 0 Å². The predicted octanol–water partition coefficient (Wildman–Crippen LogP) is 2.35. The molecule has 0 aromatic heterocycles. The van der Waals surface area contributed by atoms with Crippen LogP contribution in [0, 0.1) is 17.8 Å². The molecule has 76 valence electrons. The van der Waals surface area contributed by atoms with Crippen LogP contribution < -0.4 is 0 Å². The number of aliphatic hydroxyl groups is 1. The van der Waals surface area contributed by atoms with Crippen LogP contribution in [0.3, 0.4) is 0 Å². The zero-order chi connectivity index (χ0) is 9.64. The van der Waals surface area contributed by atoms with E-state index in [9.17, 15) is 13.2 Å². The number of rotatable bonds is 1. The van der Waals surface area contributed by atoms with Crippen LogP contribution in [-0.2, 0) is 0 Å². The molecule has 4 heteroatoms. The molecule has 13 heavy (non-hydrogen) atoms. The zero-order valence-corrected chi connectivity index (χ0v) is 7.22. The first-order valence-corrected chi connectivity index (χ1v) is 4.76. The zero-order valence-electron chi connectivity index (χ0n) is 7.22. The third-order valence-corrected chi connectivity index (χ3v) is 3.42. The third-order valence-electron chi connectivity index (χ3n) is 3.42. The summed E-state index contributed by atoms with van der Waals surface area (Å²) in [5.74, 6) is -0.168. The molecule has 3 unspecified atom stereocenters. The second-order valence-electron chi connectivity index (χ2n) is 4.18. The summed E-state index contributed by atoms with van der Waals surface area (Å²) in [6.45, 7) is 0. The molecule has 0 saturated heterocycles. The van der Waals surface area contributed by atoms with Gasteiger partial charge < -0.3 is 5.11 Å². The smallest absolute Gasteiger partial charge is 0.383 e. The van der Waals surface area contributed by atoms with Crippen molar-refractivity contribution < 1.29 is 18.3 Å². The SMILES string of the molecule is OC(C1C2CCCCC21)C(F)(F)F. The Labute approximate surface area is 74.9 Å². The highest BCUT2D eigenvalue weighted by Gasteiger charge is 2.60. The van der Waals surface area contributed by atoms with Crippen molar-refractivity contribution in [2.24, 2.45) is 17.8 Å². The summed E-state index contributed by atoms with van der Waals surface area (Å²) in [5.41, 5.74) is 0. The topological polar surface area (TPSA) is 20.2 Å². The van der Waals surface area contributed by atoms with Crippen molar-refractivity contribution in [3.8, 4) is 0 Å². The molecule has 0 aromatic rings. The van der Waals surface area contributed by atoms with E-state index in [4.69, 9.17) is 5.11 Å². The first kappa shape index (κ1) is 9.31. The van der Waals surface area contributed by atoms with Gasteiger partial charge in [0.05, 0.1) is 0 Å². The van der Waals surface area contributed by atoms with Crippen LogP contribution in [0.15, 0.2) is 0 Å². The van der Waals surface area contributed by atoms with Crippen LogP contribution in [-0.4, -0.2) is 17.4 Å². The van der Waals surface area contributed by atoms with Crippen LogP contribution in [0.5, 0.6) is 0 Å². The number of fused-ring (bicyclic) bond motifs is 1. The summed E-state index contributed by atoms with van der Waals surface area (Å²) in [6.07, 6.45) is -2.67. The Morgan fingerprint density at radius 1 is 1.08 bits per heavy atom. The van der Waals surface area contributed by atoms with Crippen LogP contribution in [0.4, 0.5) is 13.2 Å². The molecule has 2 aliphatic carbocycles. The molecule has 0 heterocycles. The van der Waals surface area contributed by atoms with Gasteiger partial charge in [0.25, 0.3) is 0 Å². The van der Waals surface area contributed by atoms with E-state index in [1.165, 1.54) is 0 Å². The summed E-state index contributed by atoms with van der Waals surface area (Å²) >= 11 is 0. The van der Waals surface area contributed by atoms with E-state index < -0.39 is 18.2 Å². The highest BCUT2D eigenvalue weighted by molar-refractivity contribution is 5.03. The molecule has 3 atom stereocenters. The Morgan fingerprint density at radius 2 is 1.54 bits per heavy atom. The largest absolute Gasteiger partial charge is 0.414 e. The van der Waals surface area contributed by atoms with Crippen molar-refractivity contribution in [3.05, 3.63) is 0 Å². The summed E-state index contributed by atoms with van der Waals surface area (Å²) in [4.78, 5) is 0. The van der Waals surface area contributed by atoms with Gasteiger partial charge in [0.2, 0.25) is 0 Å². The summed E-state index contributed by atoms with van der Waals surface area (Å²) in [5, 5.41) is 9.03. The monoisotopic (exact) mass is 194 g/mol. The molecule has 0 spiro atoms. The van der Waals surface area contributed by atoms with Crippen molar-refractivity contribution in [1.29, 1.82) is 0 Å². The molecule has 0 radical (unpaired) electrons. The lowest BCUT2D eigenvalue weighted by Gasteiger charge is -2.13. The lowest BCUT2D eigenvalue weighted by atomic mass is 10.0. The molecule has 0 bridgehead atoms. The van der Waals surface area contributed by atoms with Gasteiger partial charge in [-0.05, 0) is 30.6 Å². The van der Waals surface area contributed by atoms with E-state index in [1.54, 1.807) is 0 Å². The van der Waals surface area contributed by atoms with Gasteiger partial charge in [-0.2, -0.15) is 13.2 Å². The van der Waals surface area contributed by atoms with Gasteiger partial charge in [-0.1, -0.05) is 12.8 Å². The molecule has 1 nitrogen and oxygen atoms in total. The van der Waals surface area contributed by atoms with Gasteiger partial charge in [-0.25, -0.2) is 0 Å². The fourth-order valence-electron chi connectivity index (χ4n) is 2.73. The molecule has 2 saturated carbocycles. The fourth-order valence-corrected chi connectivity index (χ4v) is 2.73. The first-order chi connectivity index (χ1) is 6.02. The highest BCUT2D eigenvalue weighted by atomic mass is 19.4. The number of hydrogen-bond donors (Lipinski definition) is 1. The third kappa shape index (κ3) is 1.56. The van der Waals surface area contributed by atoms with E-state index >= 15 is 0 Å². The van der Waals surface area contributed by atoms with E-state index in [0.717, 1.165) is 25.7 Å². The Hall–Kier alpha value is -0.250. The number of hydrogen-bond acceptors (Lipinski definition) is 1. The summed E-state index contributed by atoms with van der Waals surface area (Å²) in [7, 11) is 0. The molecular weight excluding hydrogens is 181 g/mol. The molecule has 0 aromatic carbocycles. The molecule has 2 fully saturated rings. The van der Waals surface area contributed by atoms with Crippen LogP contribution in [0.2, 0.25) is 0 Å². The molecular formula is C9H13F3O. The highest BCUT2D eigenvalue weighted by Crippen LogP contribution is 2.58. The minimum atomic E-state index is -4.41. The van der Waals surface area contributed by atoms with Crippen LogP contribution in [0.1, 0.15) is 25.7 Å². The average Bonchev–Trinajstić information content (AvgIpc) is 2.75. The maximum absolute atomic E-state index is 12.1. The Bertz CT molecular complexity index is 190. The maximum atomic E-state index is 12.1. The number of halogens is 3. The Kier molecular flexibility index (Phi) is 2.06. The molecule has 0 aliphatic heterocycles. The standard InChI is InChI=1S/C9H13F3O/c10-9(11,12)8(13)7-5-3-1-2-4-6(5)7/h5-8,13H,1-4H2. The fraction of sp³-hybridized carbons (Fsp3) is 1.00. The number of aliphatic hydroxyl groups excluding tert-OH is 1. The van der Waals surface area contributed by atoms with Crippen molar-refractivity contribution in [2.75, 3.05) is 0 Å². The van der Waals surface area contributed by atoms with Crippen LogP contribution in [0.25, 0.3) is 0 Å². The molecule has 1 N–H and O–H groups in total. The van der Waals surface area contributed by atoms with Gasteiger partial charge in [-0.15, -0.1) is 0 Å². The van der Waals surface area contributed by atoms with Gasteiger partial charge >= 0.3 is 6.18 Å². The second kappa shape index (κ2) is 2.87. The molecule has 0 amide bonds. The number of alkyl halides is 3. The lowest BCUT2D eigenvalue weighted by Crippen LogP contribution is -2.31. The van der Waals surface area contributed by atoms with E-state index in [-0.39, 0.29) is 11.8 Å². The van der Waals surface area contributed by atoms with E-state index in [2.05, 4.69) is 0 Å². The summed E-state index contributed by atoms with van der Waals surface area (Å²) < 4.78 is 36.4. The Morgan fingerprint density at radius 3 is 1.92 bits per heavy atom. The quantitative estimate of drug-likeness (QED) is 0.679. The van der Waals surface area contributed by atoms with Crippen molar-refractivity contribution in [3.63, 3.8) is 0 Å². The predicted molar refractivity (Wildman–Crippen MR) is 41.0 cm³/mol. The second-order valence-corrected chi connectivity index (χ2v) is 4.18. The summed E-state index contributed by atoms with van der Waals surface area (Å²) in [6, 6.07) is 0. The normalized spacial score (nSPS) is 41.1. The van der Waals surface area contributed by atoms with Crippen molar-refractivity contribution in [1.82, 2.24) is 0 Å². The van der Waals surface area contributed by atoms with E-state index in [1.807, 2.05) is 0 Å².